The molecule has 1 aliphatic carbocycles. The summed E-state index contributed by atoms with van der Waals surface area (Å²) >= 11 is 0. The van der Waals surface area contributed by atoms with Gasteiger partial charge < -0.3 is 15.4 Å². The van der Waals surface area contributed by atoms with Gasteiger partial charge in [0.1, 0.15) is 0 Å². The molecule has 152 valence electrons. The number of nitrogens with one attached hydrogen (secondary N) is 2. The van der Waals surface area contributed by atoms with E-state index in [0.717, 1.165) is 26.1 Å². The highest BCUT2D eigenvalue weighted by Crippen LogP contribution is 2.30. The summed E-state index contributed by atoms with van der Waals surface area (Å²) in [7, 11) is 0. The molecular formula is C25H31N3O. The van der Waals surface area contributed by atoms with Crippen molar-refractivity contribution in [2.24, 2.45) is 0 Å². The normalized spacial score (nSPS) is 22.9. The van der Waals surface area contributed by atoms with Crippen molar-refractivity contribution in [2.45, 2.75) is 51.1 Å². The number of rotatable bonds is 5. The number of likely N-dealkylation sites (tertiary alicyclic amines) is 1. The maximum absolute atomic E-state index is 9.58. The third-order valence-corrected chi connectivity index (χ3v) is 6.64. The van der Waals surface area contributed by atoms with Crippen molar-refractivity contribution in [3.8, 4) is 0 Å². The van der Waals surface area contributed by atoms with Crippen LogP contribution in [0.15, 0.2) is 53.8 Å². The molecule has 1 aromatic carbocycles. The Morgan fingerprint density at radius 2 is 2.07 bits per heavy atom. The minimum Gasteiger partial charge on any atom is -0.395 e. The van der Waals surface area contributed by atoms with E-state index in [1.165, 1.54) is 71.1 Å². The molecule has 1 fully saturated rings. The number of nitrogens with zero attached hydrogens (tertiary/aromatic N) is 1. The minimum atomic E-state index is 0.262. The number of dihydropyridines is 1. The first-order valence-corrected chi connectivity index (χ1v) is 11.1. The van der Waals surface area contributed by atoms with Crippen LogP contribution in [-0.2, 0) is 6.54 Å². The van der Waals surface area contributed by atoms with E-state index >= 15 is 0 Å². The fraction of sp³-hybridized carbons (Fsp3) is 0.440. The van der Waals surface area contributed by atoms with Crippen molar-refractivity contribution < 1.29 is 5.11 Å². The number of aromatic nitrogens is 1. The summed E-state index contributed by atoms with van der Waals surface area (Å²) in [5.74, 6) is 0. The van der Waals surface area contributed by atoms with E-state index in [1.807, 2.05) is 0 Å². The lowest BCUT2D eigenvalue weighted by Crippen LogP contribution is -2.31. The topological polar surface area (TPSA) is 51.3 Å². The number of H-pyrrole nitrogens is 1. The molecule has 0 amide bonds. The first kappa shape index (κ1) is 18.7. The van der Waals surface area contributed by atoms with Gasteiger partial charge in [0.15, 0.2) is 0 Å². The molecule has 29 heavy (non-hydrogen) atoms. The Bertz CT molecular complexity index is 981. The maximum Gasteiger partial charge on any atom is 0.0587 e. The highest BCUT2D eigenvalue weighted by atomic mass is 16.3. The van der Waals surface area contributed by atoms with Crippen LogP contribution in [0.4, 0.5) is 0 Å². The summed E-state index contributed by atoms with van der Waals surface area (Å²) in [6.07, 6.45) is 14.3. The Morgan fingerprint density at radius 1 is 1.10 bits per heavy atom. The Labute approximate surface area is 173 Å². The molecule has 2 aromatic rings. The number of allylic oxidation sites excluding steroid dienone is 4. The molecule has 5 rings (SSSR count). The van der Waals surface area contributed by atoms with Crippen molar-refractivity contribution in [1.29, 1.82) is 0 Å². The lowest BCUT2D eigenvalue weighted by Gasteiger charge is -2.21. The van der Waals surface area contributed by atoms with Gasteiger partial charge in [-0.25, -0.2) is 0 Å². The van der Waals surface area contributed by atoms with Crippen LogP contribution in [0.1, 0.15) is 49.8 Å². The van der Waals surface area contributed by atoms with Crippen molar-refractivity contribution >= 4 is 16.5 Å². The standard InChI is InChI=1S/C25H31N3O/c29-17-23-7-4-12-28(23)16-22-14-21-13-19(8-9-24(21)27-22)20-10-11-26-25(15-20)18-5-2-1-3-6-18/h5,8-10,13-15,23,26-27,29H,1-4,6-7,11-12,16-17H2. The quantitative estimate of drug-likeness (QED) is 0.706. The number of aromatic amines is 1. The Morgan fingerprint density at radius 3 is 2.93 bits per heavy atom. The van der Waals surface area contributed by atoms with Crippen molar-refractivity contribution in [1.82, 2.24) is 15.2 Å². The van der Waals surface area contributed by atoms with Crippen molar-refractivity contribution in [3.05, 3.63) is 65.0 Å². The van der Waals surface area contributed by atoms with Gasteiger partial charge in [0.05, 0.1) is 6.61 Å². The van der Waals surface area contributed by atoms with Crippen molar-refractivity contribution in [2.75, 3.05) is 19.7 Å². The SMILES string of the molecule is OCC1CCCN1Cc1cc2cc(C3=CCNC(C4=CCCCC4)=C3)ccc2[nH]1. The van der Waals surface area contributed by atoms with Gasteiger partial charge in [0.2, 0.25) is 0 Å². The van der Waals surface area contributed by atoms with Crippen molar-refractivity contribution in [3.63, 3.8) is 0 Å². The molecule has 3 heterocycles. The van der Waals surface area contributed by atoms with E-state index in [2.05, 4.69) is 57.7 Å². The molecular weight excluding hydrogens is 358 g/mol. The lowest BCUT2D eigenvalue weighted by atomic mass is 9.93. The molecule has 1 aromatic heterocycles. The van der Waals surface area contributed by atoms with Gasteiger partial charge in [-0.1, -0.05) is 18.2 Å². The highest BCUT2D eigenvalue weighted by molar-refractivity contribution is 5.87. The zero-order chi connectivity index (χ0) is 19.6. The van der Waals surface area contributed by atoms with Gasteiger partial charge in [-0.05, 0) is 86.1 Å². The summed E-state index contributed by atoms with van der Waals surface area (Å²) in [5, 5.41) is 14.4. The molecule has 0 saturated carbocycles. The summed E-state index contributed by atoms with van der Waals surface area (Å²) in [4.78, 5) is 5.97. The van der Waals surface area contributed by atoms with E-state index in [-0.39, 0.29) is 6.61 Å². The number of fused-ring (bicyclic) bond motifs is 1. The van der Waals surface area contributed by atoms with E-state index in [9.17, 15) is 5.11 Å². The van der Waals surface area contributed by atoms with Crippen LogP contribution in [0.2, 0.25) is 0 Å². The molecule has 3 N–H and O–H groups in total. The number of benzene rings is 1. The van der Waals surface area contributed by atoms with Crippen LogP contribution in [0, 0.1) is 0 Å². The maximum atomic E-state index is 9.58. The van der Waals surface area contributed by atoms with Crippen LogP contribution < -0.4 is 5.32 Å². The third-order valence-electron chi connectivity index (χ3n) is 6.64. The average Bonchev–Trinajstić information content (AvgIpc) is 3.40. The summed E-state index contributed by atoms with van der Waals surface area (Å²) in [5.41, 5.74) is 7.82. The Hall–Kier alpha value is -2.30. The number of hydrogen-bond acceptors (Lipinski definition) is 3. The molecule has 2 aliphatic heterocycles. The van der Waals surface area contributed by atoms with Crippen LogP contribution in [0.3, 0.4) is 0 Å². The smallest absolute Gasteiger partial charge is 0.0587 e. The first-order chi connectivity index (χ1) is 14.3. The number of aliphatic hydroxyl groups excluding tert-OH is 1. The molecule has 1 unspecified atom stereocenters. The number of hydrogen-bond donors (Lipinski definition) is 3. The van der Waals surface area contributed by atoms with Crippen LogP contribution in [-0.4, -0.2) is 40.7 Å². The Balaban J connectivity index is 1.38. The fourth-order valence-corrected chi connectivity index (χ4v) is 5.01. The molecule has 3 aliphatic rings. The summed E-state index contributed by atoms with van der Waals surface area (Å²) < 4.78 is 0. The average molecular weight is 390 g/mol. The predicted molar refractivity (Wildman–Crippen MR) is 119 cm³/mol. The second-order valence-electron chi connectivity index (χ2n) is 8.62. The molecule has 0 radical (unpaired) electrons. The molecule has 0 spiro atoms. The van der Waals surface area contributed by atoms with Crippen LogP contribution >= 0.6 is 0 Å². The lowest BCUT2D eigenvalue weighted by molar-refractivity contribution is 0.152. The fourth-order valence-electron chi connectivity index (χ4n) is 5.01. The minimum absolute atomic E-state index is 0.262. The third kappa shape index (κ3) is 3.92. The second kappa shape index (κ2) is 8.21. The largest absolute Gasteiger partial charge is 0.395 e. The van der Waals surface area contributed by atoms with Gasteiger partial charge in [-0.3, -0.25) is 4.90 Å². The van der Waals surface area contributed by atoms with Crippen LogP contribution in [0.5, 0.6) is 0 Å². The summed E-state index contributed by atoms with van der Waals surface area (Å²) in [6.45, 7) is 3.12. The monoisotopic (exact) mass is 389 g/mol. The molecule has 0 bridgehead atoms. The second-order valence-corrected chi connectivity index (χ2v) is 8.62. The zero-order valence-electron chi connectivity index (χ0n) is 17.1. The van der Waals surface area contributed by atoms with E-state index in [1.54, 1.807) is 0 Å². The summed E-state index contributed by atoms with van der Waals surface area (Å²) in [6, 6.07) is 9.34. The van der Waals surface area contributed by atoms with Gasteiger partial charge in [-0.2, -0.15) is 0 Å². The number of aliphatic hydroxyl groups is 1. The Kier molecular flexibility index (Phi) is 5.30. The van der Waals surface area contributed by atoms with Gasteiger partial charge >= 0.3 is 0 Å². The first-order valence-electron chi connectivity index (χ1n) is 11.1. The van der Waals surface area contributed by atoms with Gasteiger partial charge in [-0.15, -0.1) is 0 Å². The van der Waals surface area contributed by atoms with E-state index in [0.29, 0.717) is 6.04 Å². The van der Waals surface area contributed by atoms with Crippen LogP contribution in [0.25, 0.3) is 16.5 Å². The predicted octanol–water partition coefficient (Wildman–Crippen LogP) is 4.50. The molecule has 1 atom stereocenters. The van der Waals surface area contributed by atoms with Gasteiger partial charge in [0.25, 0.3) is 0 Å². The highest BCUT2D eigenvalue weighted by Gasteiger charge is 2.24. The molecule has 1 saturated heterocycles. The molecule has 4 nitrogen and oxygen atoms in total. The van der Waals surface area contributed by atoms with E-state index in [4.69, 9.17) is 0 Å². The zero-order valence-corrected chi connectivity index (χ0v) is 17.1. The van der Waals surface area contributed by atoms with E-state index < -0.39 is 0 Å². The molecule has 4 heteroatoms. The van der Waals surface area contributed by atoms with Gasteiger partial charge in [0, 0.05) is 41.4 Å².